The van der Waals surface area contributed by atoms with E-state index in [0.29, 0.717) is 0 Å². The first-order valence-electron chi connectivity index (χ1n) is 8.46. The number of carboxylic acid groups (broad SMARTS) is 1. The molecular formula is C22H18FNO3. The van der Waals surface area contributed by atoms with E-state index < -0.39 is 29.7 Å². The summed E-state index contributed by atoms with van der Waals surface area (Å²) in [5.74, 6) is -3.29. The SMILES string of the molecule is O=C(N[C@H](C(=O)O)C(c1ccccc1)c1ccccc1)c1ccccc1F. The molecule has 3 aromatic rings. The second-order valence-corrected chi connectivity index (χ2v) is 6.07. The molecule has 2 N–H and O–H groups in total. The van der Waals surface area contributed by atoms with Gasteiger partial charge in [-0.15, -0.1) is 0 Å². The van der Waals surface area contributed by atoms with E-state index in [1.807, 2.05) is 60.7 Å². The third-order valence-corrected chi connectivity index (χ3v) is 4.32. The number of nitrogens with one attached hydrogen (secondary N) is 1. The maximum atomic E-state index is 13.9. The summed E-state index contributed by atoms with van der Waals surface area (Å²) in [5.41, 5.74) is 1.29. The zero-order valence-corrected chi connectivity index (χ0v) is 14.4. The molecule has 0 aliphatic carbocycles. The summed E-state index contributed by atoms with van der Waals surface area (Å²) in [4.78, 5) is 24.6. The van der Waals surface area contributed by atoms with E-state index in [1.165, 1.54) is 18.2 Å². The minimum Gasteiger partial charge on any atom is -0.480 e. The molecule has 3 aromatic carbocycles. The number of carboxylic acids is 1. The Hall–Kier alpha value is -3.47. The van der Waals surface area contributed by atoms with Crippen molar-refractivity contribution in [2.45, 2.75) is 12.0 Å². The minimum absolute atomic E-state index is 0.191. The summed E-state index contributed by atoms with van der Waals surface area (Å²) in [5, 5.41) is 12.3. The molecule has 0 aliphatic rings. The van der Waals surface area contributed by atoms with Crippen LogP contribution in [0.1, 0.15) is 27.4 Å². The number of rotatable bonds is 6. The molecule has 5 heteroatoms. The van der Waals surface area contributed by atoms with Crippen LogP contribution in [0.3, 0.4) is 0 Å². The summed E-state index contributed by atoms with van der Waals surface area (Å²) >= 11 is 0. The lowest BCUT2D eigenvalue weighted by molar-refractivity contribution is -0.139. The summed E-state index contributed by atoms with van der Waals surface area (Å²) < 4.78 is 13.9. The Morgan fingerprint density at radius 2 is 1.26 bits per heavy atom. The van der Waals surface area contributed by atoms with Crippen molar-refractivity contribution in [3.05, 3.63) is 107 Å². The average molecular weight is 363 g/mol. The van der Waals surface area contributed by atoms with Crippen LogP contribution in [0.25, 0.3) is 0 Å². The monoisotopic (exact) mass is 363 g/mol. The van der Waals surface area contributed by atoms with E-state index in [4.69, 9.17) is 0 Å². The van der Waals surface area contributed by atoms with E-state index >= 15 is 0 Å². The smallest absolute Gasteiger partial charge is 0.327 e. The lowest BCUT2D eigenvalue weighted by Gasteiger charge is -2.26. The standard InChI is InChI=1S/C22H18FNO3/c23-18-14-8-7-13-17(18)21(25)24-20(22(26)27)19(15-9-3-1-4-10-15)16-11-5-2-6-12-16/h1-14,19-20H,(H,24,25)(H,26,27)/t20-/m0/s1. The quantitative estimate of drug-likeness (QED) is 0.699. The fraction of sp³-hybridized carbons (Fsp3) is 0.0909. The van der Waals surface area contributed by atoms with Crippen LogP contribution in [-0.2, 0) is 4.79 Å². The number of carbonyl (C=O) groups is 2. The zero-order valence-electron chi connectivity index (χ0n) is 14.4. The molecule has 3 rings (SSSR count). The molecule has 0 fully saturated rings. The molecule has 1 atom stereocenters. The van der Waals surface area contributed by atoms with Crippen LogP contribution in [0.5, 0.6) is 0 Å². The van der Waals surface area contributed by atoms with Gasteiger partial charge in [0.25, 0.3) is 5.91 Å². The van der Waals surface area contributed by atoms with Crippen LogP contribution in [0.15, 0.2) is 84.9 Å². The molecule has 0 aromatic heterocycles. The highest BCUT2D eigenvalue weighted by atomic mass is 19.1. The van der Waals surface area contributed by atoms with Crippen LogP contribution >= 0.6 is 0 Å². The van der Waals surface area contributed by atoms with Gasteiger partial charge in [0, 0.05) is 5.92 Å². The van der Waals surface area contributed by atoms with Gasteiger partial charge in [0.05, 0.1) is 5.56 Å². The van der Waals surface area contributed by atoms with E-state index in [9.17, 15) is 19.1 Å². The molecule has 0 saturated heterocycles. The van der Waals surface area contributed by atoms with Gasteiger partial charge in [-0.25, -0.2) is 9.18 Å². The van der Waals surface area contributed by atoms with Gasteiger partial charge in [0.2, 0.25) is 0 Å². The van der Waals surface area contributed by atoms with Crippen molar-refractivity contribution in [3.8, 4) is 0 Å². The van der Waals surface area contributed by atoms with Gasteiger partial charge in [-0.2, -0.15) is 0 Å². The van der Waals surface area contributed by atoms with Crippen molar-refractivity contribution in [1.82, 2.24) is 5.32 Å². The molecule has 0 spiro atoms. The predicted octanol–water partition coefficient (Wildman–Crippen LogP) is 3.84. The Labute approximate surface area is 156 Å². The molecule has 1 amide bonds. The number of halogens is 1. The van der Waals surface area contributed by atoms with Crippen LogP contribution < -0.4 is 5.32 Å². The van der Waals surface area contributed by atoms with Crippen molar-refractivity contribution in [2.75, 3.05) is 0 Å². The molecule has 0 saturated carbocycles. The number of aliphatic carboxylic acids is 1. The molecular weight excluding hydrogens is 345 g/mol. The summed E-state index contributed by atoms with van der Waals surface area (Å²) in [7, 11) is 0. The average Bonchev–Trinajstić information content (AvgIpc) is 2.69. The fourth-order valence-corrected chi connectivity index (χ4v) is 3.05. The Morgan fingerprint density at radius 3 is 1.74 bits per heavy atom. The van der Waals surface area contributed by atoms with E-state index in [2.05, 4.69) is 5.32 Å². The van der Waals surface area contributed by atoms with Gasteiger partial charge in [-0.3, -0.25) is 4.79 Å². The summed E-state index contributed by atoms with van der Waals surface area (Å²) in [6, 6.07) is 22.4. The van der Waals surface area contributed by atoms with Crippen molar-refractivity contribution in [1.29, 1.82) is 0 Å². The lowest BCUT2D eigenvalue weighted by Crippen LogP contribution is -2.45. The Balaban J connectivity index is 2.00. The molecule has 0 heterocycles. The van der Waals surface area contributed by atoms with Gasteiger partial charge in [0.15, 0.2) is 0 Å². The number of amides is 1. The number of carbonyl (C=O) groups excluding carboxylic acids is 1. The zero-order chi connectivity index (χ0) is 19.2. The third kappa shape index (κ3) is 4.20. The van der Waals surface area contributed by atoms with Crippen LogP contribution in [0.2, 0.25) is 0 Å². The topological polar surface area (TPSA) is 66.4 Å². The fourth-order valence-electron chi connectivity index (χ4n) is 3.05. The molecule has 27 heavy (non-hydrogen) atoms. The third-order valence-electron chi connectivity index (χ3n) is 4.32. The van der Waals surface area contributed by atoms with Crippen molar-refractivity contribution < 1.29 is 19.1 Å². The predicted molar refractivity (Wildman–Crippen MR) is 100 cm³/mol. The van der Waals surface area contributed by atoms with Crippen molar-refractivity contribution in [2.24, 2.45) is 0 Å². The molecule has 0 aliphatic heterocycles. The number of hydrogen-bond acceptors (Lipinski definition) is 2. The van der Waals surface area contributed by atoms with E-state index in [1.54, 1.807) is 0 Å². The van der Waals surface area contributed by atoms with Crippen LogP contribution in [-0.4, -0.2) is 23.0 Å². The van der Waals surface area contributed by atoms with Crippen LogP contribution in [0.4, 0.5) is 4.39 Å². The molecule has 4 nitrogen and oxygen atoms in total. The van der Waals surface area contributed by atoms with Crippen molar-refractivity contribution >= 4 is 11.9 Å². The molecule has 0 radical (unpaired) electrons. The Kier molecular flexibility index (Phi) is 5.61. The van der Waals surface area contributed by atoms with Gasteiger partial charge >= 0.3 is 5.97 Å². The van der Waals surface area contributed by atoms with E-state index in [0.717, 1.165) is 17.2 Å². The van der Waals surface area contributed by atoms with Gasteiger partial charge in [0.1, 0.15) is 11.9 Å². The number of hydrogen-bond donors (Lipinski definition) is 2. The summed E-state index contributed by atoms with van der Waals surface area (Å²) in [6.45, 7) is 0. The second kappa shape index (κ2) is 8.27. The highest BCUT2D eigenvalue weighted by Crippen LogP contribution is 2.28. The van der Waals surface area contributed by atoms with Crippen LogP contribution in [0, 0.1) is 5.82 Å². The van der Waals surface area contributed by atoms with Gasteiger partial charge in [-0.1, -0.05) is 72.8 Å². The first-order valence-corrected chi connectivity index (χ1v) is 8.46. The lowest BCUT2D eigenvalue weighted by atomic mass is 9.85. The highest BCUT2D eigenvalue weighted by molar-refractivity contribution is 5.97. The largest absolute Gasteiger partial charge is 0.480 e. The van der Waals surface area contributed by atoms with E-state index in [-0.39, 0.29) is 5.56 Å². The maximum absolute atomic E-state index is 13.9. The Bertz CT molecular complexity index is 889. The first-order chi connectivity index (χ1) is 13.1. The first kappa shape index (κ1) is 18.3. The highest BCUT2D eigenvalue weighted by Gasteiger charge is 2.32. The van der Waals surface area contributed by atoms with Crippen molar-refractivity contribution in [3.63, 3.8) is 0 Å². The Morgan fingerprint density at radius 1 is 0.778 bits per heavy atom. The number of benzene rings is 3. The van der Waals surface area contributed by atoms with Gasteiger partial charge in [-0.05, 0) is 23.3 Å². The normalized spacial score (nSPS) is 11.8. The second-order valence-electron chi connectivity index (χ2n) is 6.07. The van der Waals surface area contributed by atoms with Gasteiger partial charge < -0.3 is 10.4 Å². The maximum Gasteiger partial charge on any atom is 0.327 e. The molecule has 0 unspecified atom stereocenters. The molecule has 136 valence electrons. The minimum atomic E-state index is -1.26. The summed E-state index contributed by atoms with van der Waals surface area (Å²) in [6.07, 6.45) is 0. The molecule has 0 bridgehead atoms.